The SMILES string of the molecule is COc1ccc(/C(=N/OS(=O)(=O)c2ccc3cc(OS(=O)(=O)c4ccc(C)cc4)ccc3c2)C(F)(F)F)cc1. The Kier molecular flexibility index (Phi) is 7.57. The molecule has 0 aromatic heterocycles. The van der Waals surface area contributed by atoms with Gasteiger partial charge in [-0.3, -0.25) is 4.28 Å². The molecule has 204 valence electrons. The largest absolute Gasteiger partial charge is 0.497 e. The molecule has 4 aromatic rings. The van der Waals surface area contributed by atoms with E-state index in [1.54, 1.807) is 12.1 Å². The van der Waals surface area contributed by atoms with Crippen molar-refractivity contribution in [2.24, 2.45) is 5.16 Å². The van der Waals surface area contributed by atoms with Crippen LogP contribution in [0.5, 0.6) is 11.5 Å². The van der Waals surface area contributed by atoms with E-state index < -0.39 is 42.6 Å². The molecule has 4 aromatic carbocycles. The first-order valence-electron chi connectivity index (χ1n) is 11.1. The topological polar surface area (TPSA) is 108 Å². The maximum absolute atomic E-state index is 13.6. The Bertz CT molecular complexity index is 1750. The number of halogens is 3. The van der Waals surface area contributed by atoms with Gasteiger partial charge in [-0.05, 0) is 78.4 Å². The second-order valence-corrected chi connectivity index (χ2v) is 11.3. The highest BCUT2D eigenvalue weighted by atomic mass is 32.2. The molecule has 0 aliphatic carbocycles. The predicted octanol–water partition coefficient (Wildman–Crippen LogP) is 5.60. The van der Waals surface area contributed by atoms with Gasteiger partial charge in [0.05, 0.1) is 7.11 Å². The van der Waals surface area contributed by atoms with Crippen molar-refractivity contribution in [2.75, 3.05) is 7.11 Å². The standard InChI is InChI=1S/C26H20F3NO7S2/c1-17-3-12-23(13-4-17)38(31,32)36-22-11-7-20-16-24(14-8-19(20)15-22)39(33,34)37-30-25(26(27,28)29)18-5-9-21(35-2)10-6-18/h3-16H,1-2H3/b30-25-. The highest BCUT2D eigenvalue weighted by Gasteiger charge is 2.38. The zero-order chi connectivity index (χ0) is 28.4. The Morgan fingerprint density at radius 2 is 1.28 bits per heavy atom. The lowest BCUT2D eigenvalue weighted by molar-refractivity contribution is -0.0597. The Labute approximate surface area is 222 Å². The molecular weight excluding hydrogens is 559 g/mol. The minimum absolute atomic E-state index is 0.0196. The van der Waals surface area contributed by atoms with Crippen LogP contribution in [0, 0.1) is 6.92 Å². The average molecular weight is 580 g/mol. The average Bonchev–Trinajstić information content (AvgIpc) is 2.88. The summed E-state index contributed by atoms with van der Waals surface area (Å²) in [6, 6.07) is 18.4. The van der Waals surface area contributed by atoms with Gasteiger partial charge in [0.1, 0.15) is 21.3 Å². The van der Waals surface area contributed by atoms with Crippen LogP contribution < -0.4 is 8.92 Å². The van der Waals surface area contributed by atoms with Crippen molar-refractivity contribution in [3.05, 3.63) is 96.1 Å². The summed E-state index contributed by atoms with van der Waals surface area (Å²) < 4.78 is 106. The number of fused-ring (bicyclic) bond motifs is 1. The molecule has 0 unspecified atom stereocenters. The van der Waals surface area contributed by atoms with Crippen LogP contribution in [-0.4, -0.2) is 35.8 Å². The molecule has 8 nitrogen and oxygen atoms in total. The predicted molar refractivity (Wildman–Crippen MR) is 137 cm³/mol. The number of hydrogen-bond donors (Lipinski definition) is 0. The number of aryl methyl sites for hydroxylation is 1. The molecule has 0 fully saturated rings. The lowest BCUT2D eigenvalue weighted by atomic mass is 10.1. The molecular formula is C26H20F3NO7S2. The third-order valence-corrected chi connectivity index (χ3v) is 7.81. The molecule has 0 amide bonds. The lowest BCUT2D eigenvalue weighted by Gasteiger charge is -2.11. The summed E-state index contributed by atoms with van der Waals surface area (Å²) in [5.74, 6) is 0.278. The molecule has 0 aliphatic rings. The number of benzene rings is 4. The van der Waals surface area contributed by atoms with Gasteiger partial charge in [0.15, 0.2) is 5.71 Å². The molecule has 13 heteroatoms. The van der Waals surface area contributed by atoms with E-state index in [4.69, 9.17) is 8.92 Å². The van der Waals surface area contributed by atoms with Gasteiger partial charge in [-0.25, -0.2) is 0 Å². The van der Waals surface area contributed by atoms with Crippen LogP contribution in [0.3, 0.4) is 0 Å². The number of ether oxygens (including phenoxy) is 1. The van der Waals surface area contributed by atoms with Gasteiger partial charge in [0.2, 0.25) is 0 Å². The molecule has 0 radical (unpaired) electrons. The zero-order valence-electron chi connectivity index (χ0n) is 20.3. The van der Waals surface area contributed by atoms with Crippen molar-refractivity contribution in [1.29, 1.82) is 0 Å². The number of alkyl halides is 3. The first kappa shape index (κ1) is 27.9. The zero-order valence-corrected chi connectivity index (χ0v) is 22.0. The van der Waals surface area contributed by atoms with Crippen LogP contribution >= 0.6 is 0 Å². The normalized spacial score (nSPS) is 12.8. The van der Waals surface area contributed by atoms with Gasteiger partial charge in [0, 0.05) is 5.56 Å². The lowest BCUT2D eigenvalue weighted by Crippen LogP contribution is -2.25. The van der Waals surface area contributed by atoms with E-state index in [-0.39, 0.29) is 10.6 Å². The van der Waals surface area contributed by atoms with E-state index in [0.29, 0.717) is 16.5 Å². The van der Waals surface area contributed by atoms with Gasteiger partial charge >= 0.3 is 26.4 Å². The number of methoxy groups -OCH3 is 1. The monoisotopic (exact) mass is 579 g/mol. The molecule has 0 N–H and O–H groups in total. The number of hydrogen-bond acceptors (Lipinski definition) is 8. The number of rotatable bonds is 8. The summed E-state index contributed by atoms with van der Waals surface area (Å²) >= 11 is 0. The quantitative estimate of drug-likeness (QED) is 0.152. The minimum Gasteiger partial charge on any atom is -0.497 e. The fourth-order valence-corrected chi connectivity index (χ4v) is 5.12. The first-order valence-corrected chi connectivity index (χ1v) is 13.9. The number of nitrogens with zero attached hydrogens (tertiary/aromatic N) is 1. The van der Waals surface area contributed by atoms with Gasteiger partial charge in [0.25, 0.3) is 0 Å². The molecule has 0 bridgehead atoms. The van der Waals surface area contributed by atoms with Crippen LogP contribution in [0.4, 0.5) is 13.2 Å². The highest BCUT2D eigenvalue weighted by Crippen LogP contribution is 2.28. The van der Waals surface area contributed by atoms with Crippen molar-refractivity contribution in [3.8, 4) is 11.5 Å². The molecule has 0 saturated carbocycles. The summed E-state index contributed by atoms with van der Waals surface area (Å²) in [6.45, 7) is 1.81. The second kappa shape index (κ2) is 10.6. The molecule has 0 atom stereocenters. The van der Waals surface area contributed by atoms with E-state index in [1.165, 1.54) is 55.6 Å². The van der Waals surface area contributed by atoms with Gasteiger partial charge in [-0.2, -0.15) is 30.0 Å². The Morgan fingerprint density at radius 1 is 0.718 bits per heavy atom. The molecule has 4 rings (SSSR count). The summed E-state index contributed by atoms with van der Waals surface area (Å²) in [4.78, 5) is -0.504. The first-order chi connectivity index (χ1) is 18.3. The van der Waals surface area contributed by atoms with Crippen LogP contribution in [-0.2, 0) is 24.5 Å². The Balaban J connectivity index is 1.59. The molecule has 39 heavy (non-hydrogen) atoms. The van der Waals surface area contributed by atoms with Crippen LogP contribution in [0.1, 0.15) is 11.1 Å². The molecule has 0 spiro atoms. The molecule has 0 aliphatic heterocycles. The van der Waals surface area contributed by atoms with Crippen molar-refractivity contribution in [1.82, 2.24) is 0 Å². The third-order valence-electron chi connectivity index (χ3n) is 5.45. The maximum atomic E-state index is 13.6. The minimum atomic E-state index is -5.01. The summed E-state index contributed by atoms with van der Waals surface area (Å²) in [7, 11) is -7.52. The van der Waals surface area contributed by atoms with E-state index in [2.05, 4.69) is 9.44 Å². The van der Waals surface area contributed by atoms with E-state index >= 15 is 0 Å². The highest BCUT2D eigenvalue weighted by molar-refractivity contribution is 7.87. The van der Waals surface area contributed by atoms with E-state index in [1.807, 2.05) is 6.92 Å². The van der Waals surface area contributed by atoms with Crippen molar-refractivity contribution in [3.63, 3.8) is 0 Å². The summed E-state index contributed by atoms with van der Waals surface area (Å²) in [6.07, 6.45) is -5.01. The summed E-state index contributed by atoms with van der Waals surface area (Å²) in [5, 5.41) is 3.65. The molecule has 0 heterocycles. The third kappa shape index (κ3) is 6.49. The smallest absolute Gasteiger partial charge is 0.437 e. The fourth-order valence-electron chi connectivity index (χ4n) is 3.44. The van der Waals surface area contributed by atoms with Gasteiger partial charge in [-0.1, -0.05) is 35.0 Å². The van der Waals surface area contributed by atoms with Crippen LogP contribution in [0.2, 0.25) is 0 Å². The molecule has 0 saturated heterocycles. The van der Waals surface area contributed by atoms with Gasteiger partial charge in [-0.15, -0.1) is 0 Å². The van der Waals surface area contributed by atoms with Crippen LogP contribution in [0.15, 0.2) is 99.9 Å². The summed E-state index contributed by atoms with van der Waals surface area (Å²) in [5.41, 5.74) is -1.10. The maximum Gasteiger partial charge on any atom is 0.437 e. The van der Waals surface area contributed by atoms with Crippen LogP contribution in [0.25, 0.3) is 10.8 Å². The Hall–Kier alpha value is -4.10. The van der Waals surface area contributed by atoms with E-state index in [9.17, 15) is 30.0 Å². The van der Waals surface area contributed by atoms with Crippen molar-refractivity contribution >= 4 is 36.7 Å². The van der Waals surface area contributed by atoms with Crippen molar-refractivity contribution < 1.29 is 43.2 Å². The van der Waals surface area contributed by atoms with E-state index in [0.717, 1.165) is 29.8 Å². The number of oxime groups is 1. The Morgan fingerprint density at radius 3 is 1.90 bits per heavy atom. The van der Waals surface area contributed by atoms with Gasteiger partial charge < -0.3 is 8.92 Å². The second-order valence-electron chi connectivity index (χ2n) is 8.22. The van der Waals surface area contributed by atoms with Crippen molar-refractivity contribution in [2.45, 2.75) is 22.9 Å². The fraction of sp³-hybridized carbons (Fsp3) is 0.115.